The van der Waals surface area contributed by atoms with Crippen LogP contribution in [0, 0.1) is 44.8 Å². The smallest absolute Gasteiger partial charge is 0.187 e. The fourth-order valence-electron chi connectivity index (χ4n) is 14.9. The van der Waals surface area contributed by atoms with Crippen LogP contribution in [0.4, 0.5) is 0 Å². The lowest BCUT2D eigenvalue weighted by molar-refractivity contribution is -0.366. The van der Waals surface area contributed by atoms with Gasteiger partial charge in [0.2, 0.25) is 0 Å². The van der Waals surface area contributed by atoms with Gasteiger partial charge in [-0.1, -0.05) is 27.7 Å². The molecule has 0 amide bonds. The average molecular weight is 785 g/mol. The van der Waals surface area contributed by atoms with Crippen LogP contribution in [0.1, 0.15) is 106 Å². The highest BCUT2D eigenvalue weighted by Crippen LogP contribution is 2.89. The first-order valence-electron chi connectivity index (χ1n) is 20.9. The van der Waals surface area contributed by atoms with Crippen LogP contribution in [-0.4, -0.2) is 150 Å². The van der Waals surface area contributed by atoms with Crippen LogP contribution >= 0.6 is 0 Å². The van der Waals surface area contributed by atoms with Crippen molar-refractivity contribution in [3.8, 4) is 0 Å². The third-order valence-corrected chi connectivity index (χ3v) is 17.6. The molecule has 14 nitrogen and oxygen atoms in total. The Balaban J connectivity index is 1.02. The predicted octanol–water partition coefficient (Wildman–Crippen LogP) is 0.724. The molecule has 3 heterocycles. The Morgan fingerprint density at radius 2 is 1.42 bits per heavy atom. The summed E-state index contributed by atoms with van der Waals surface area (Å²) in [7, 11) is 0. The number of ether oxygens (including phenoxy) is 5. The maximum Gasteiger partial charge on any atom is 0.187 e. The van der Waals surface area contributed by atoms with Gasteiger partial charge in [-0.15, -0.1) is 0 Å². The van der Waals surface area contributed by atoms with E-state index in [2.05, 4.69) is 34.6 Å². The Bertz CT molecular complexity index is 1460. The van der Waals surface area contributed by atoms with Gasteiger partial charge >= 0.3 is 0 Å². The second kappa shape index (κ2) is 13.2. The van der Waals surface area contributed by atoms with Gasteiger partial charge in [0, 0.05) is 5.92 Å². The molecule has 0 aromatic carbocycles. The summed E-state index contributed by atoms with van der Waals surface area (Å²) >= 11 is 0. The molecule has 5 aliphatic carbocycles. The second-order valence-corrected chi connectivity index (χ2v) is 21.1. The molecule has 3 saturated heterocycles. The van der Waals surface area contributed by atoms with Crippen LogP contribution in [-0.2, 0) is 23.7 Å². The van der Waals surface area contributed by atoms with E-state index < -0.39 is 96.8 Å². The van der Waals surface area contributed by atoms with Gasteiger partial charge in [0.05, 0.1) is 48.8 Å². The number of hydrogen-bond acceptors (Lipinski definition) is 14. The minimum absolute atomic E-state index is 0.0193. The fourth-order valence-corrected chi connectivity index (χ4v) is 14.9. The minimum atomic E-state index is -1.72. The van der Waals surface area contributed by atoms with Crippen molar-refractivity contribution in [2.45, 2.75) is 197 Å². The first-order chi connectivity index (χ1) is 25.5. The summed E-state index contributed by atoms with van der Waals surface area (Å²) in [4.78, 5) is 0. The van der Waals surface area contributed by atoms with Crippen LogP contribution in [0.15, 0.2) is 0 Å². The number of rotatable bonds is 7. The van der Waals surface area contributed by atoms with Gasteiger partial charge in [-0.2, -0.15) is 0 Å². The van der Waals surface area contributed by atoms with E-state index in [1.165, 1.54) is 0 Å². The van der Waals surface area contributed by atoms with Crippen LogP contribution in [0.25, 0.3) is 0 Å². The van der Waals surface area contributed by atoms with Crippen molar-refractivity contribution in [3.63, 3.8) is 0 Å². The molecular formula is C41H68O14. The highest BCUT2D eigenvalue weighted by Gasteiger charge is 2.85. The molecule has 14 heteroatoms. The molecule has 2 spiro atoms. The molecule has 3 unspecified atom stereocenters. The Kier molecular flexibility index (Phi) is 9.90. The van der Waals surface area contributed by atoms with E-state index >= 15 is 0 Å². The Hall–Kier alpha value is -0.560. The van der Waals surface area contributed by atoms with Crippen molar-refractivity contribution in [2.24, 2.45) is 44.8 Å². The summed E-state index contributed by atoms with van der Waals surface area (Å²) in [5.41, 5.74) is -2.64. The molecule has 8 fully saturated rings. The molecule has 0 bridgehead atoms. The van der Waals surface area contributed by atoms with Crippen molar-refractivity contribution >= 4 is 0 Å². The van der Waals surface area contributed by atoms with Gasteiger partial charge in [0.1, 0.15) is 42.7 Å². The summed E-state index contributed by atoms with van der Waals surface area (Å²) in [5, 5.41) is 97.9. The maximum atomic E-state index is 12.4. The Morgan fingerprint density at radius 1 is 0.709 bits per heavy atom. The quantitative estimate of drug-likeness (QED) is 0.162. The average Bonchev–Trinajstić information content (AvgIpc) is 3.45. The van der Waals surface area contributed by atoms with E-state index in [0.717, 1.165) is 38.5 Å². The van der Waals surface area contributed by atoms with Crippen molar-refractivity contribution in [2.75, 3.05) is 13.2 Å². The van der Waals surface area contributed by atoms with E-state index in [0.29, 0.717) is 19.3 Å². The summed E-state index contributed by atoms with van der Waals surface area (Å²) < 4.78 is 30.9. The first-order valence-corrected chi connectivity index (χ1v) is 20.9. The Morgan fingerprint density at radius 3 is 2.07 bits per heavy atom. The van der Waals surface area contributed by atoms with Gasteiger partial charge in [0.25, 0.3) is 0 Å². The molecule has 316 valence electrons. The molecule has 0 aromatic heterocycles. The lowest BCUT2D eigenvalue weighted by atomic mass is 9.41. The van der Waals surface area contributed by atoms with Crippen molar-refractivity contribution in [1.29, 1.82) is 0 Å². The van der Waals surface area contributed by atoms with Gasteiger partial charge < -0.3 is 69.6 Å². The van der Waals surface area contributed by atoms with Crippen molar-refractivity contribution in [1.82, 2.24) is 0 Å². The molecule has 8 rings (SSSR count). The minimum Gasteiger partial charge on any atom is -0.394 e. The third kappa shape index (κ3) is 5.70. The van der Waals surface area contributed by atoms with Crippen molar-refractivity contribution < 1.29 is 69.6 Å². The highest BCUT2D eigenvalue weighted by atomic mass is 16.8. The molecule has 8 aliphatic rings. The molecule has 3 aliphatic heterocycles. The second-order valence-electron chi connectivity index (χ2n) is 21.1. The number of aliphatic hydroxyl groups excluding tert-OH is 8. The summed E-state index contributed by atoms with van der Waals surface area (Å²) in [5.74, 6) is 0.0159. The zero-order valence-electron chi connectivity index (χ0n) is 33.6. The normalized spacial score (nSPS) is 58.7. The molecular weight excluding hydrogens is 716 g/mol. The van der Waals surface area contributed by atoms with E-state index in [1.54, 1.807) is 13.8 Å². The van der Waals surface area contributed by atoms with Crippen LogP contribution < -0.4 is 0 Å². The monoisotopic (exact) mass is 784 g/mol. The van der Waals surface area contributed by atoms with Gasteiger partial charge in [-0.25, -0.2) is 0 Å². The highest BCUT2D eigenvalue weighted by molar-refractivity contribution is 5.33. The molecule has 9 N–H and O–H groups in total. The standard InChI is InChI=1S/C41H68O14/c1-35(2)24(53-34-30(26(46)21(45)17-51-34)54-33-29(49)28(48)27(47)22(16-42)52-33)9-11-41-18-40(41)13-12-37(5)32(39(7)10-8-25(55-39)36(3,4)50)20(44)15-38(37,6)23(40)14-19(43)31(35)41/h19-34,42-50H,8-18H2,1-7H3/t19-,20-,21-,22-,23?,24-,25+,26+,27-,28+,29-,30-,31?,32+,33+,34+,37-,38+,39-,40?,41-/m1/s1. The van der Waals surface area contributed by atoms with Gasteiger partial charge in [0.15, 0.2) is 12.6 Å². The largest absolute Gasteiger partial charge is 0.394 e. The summed E-state index contributed by atoms with van der Waals surface area (Å²) in [6, 6.07) is 0. The zero-order valence-corrected chi connectivity index (χ0v) is 33.6. The first kappa shape index (κ1) is 41.2. The van der Waals surface area contributed by atoms with Crippen LogP contribution in [0.5, 0.6) is 0 Å². The molecule has 55 heavy (non-hydrogen) atoms. The van der Waals surface area contributed by atoms with E-state index in [-0.39, 0.29) is 52.1 Å². The topological polar surface area (TPSA) is 228 Å². The molecule has 21 atom stereocenters. The fraction of sp³-hybridized carbons (Fsp3) is 1.00. The number of fused-ring (bicyclic) bond motifs is 2. The van der Waals surface area contributed by atoms with Crippen LogP contribution in [0.2, 0.25) is 0 Å². The maximum absolute atomic E-state index is 12.4. The molecule has 0 aromatic rings. The summed E-state index contributed by atoms with van der Waals surface area (Å²) in [6.07, 6.45) is -7.87. The Labute approximate surface area is 324 Å². The van der Waals surface area contributed by atoms with Gasteiger partial charge in [-0.3, -0.25) is 0 Å². The third-order valence-electron chi connectivity index (χ3n) is 17.6. The zero-order chi connectivity index (χ0) is 40.1. The molecule has 0 radical (unpaired) electrons. The van der Waals surface area contributed by atoms with E-state index in [1.807, 2.05) is 0 Å². The molecule has 5 saturated carbocycles. The number of aliphatic hydroxyl groups is 9. The lowest BCUT2D eigenvalue weighted by Gasteiger charge is -2.64. The van der Waals surface area contributed by atoms with Crippen LogP contribution in [0.3, 0.4) is 0 Å². The SMILES string of the molecule is CC(C)(O)[C@@H]1CC[C@](C)([C@H]2[C@H](O)C[C@@]3(C)C4C[C@@H](O)C5C(C)(C)[C@H](O[C@@H]6OC[C@@H](O)[C@H](O)[C@H]6O[C@@H]6O[C@H](CO)[C@@H](O)[C@H](O)[C@H]6O)CC[C@@]56CC46CC[C@]23C)O1. The van der Waals surface area contributed by atoms with Gasteiger partial charge in [-0.05, 0) is 117 Å². The van der Waals surface area contributed by atoms with E-state index in [9.17, 15) is 46.0 Å². The van der Waals surface area contributed by atoms with Crippen molar-refractivity contribution in [3.05, 3.63) is 0 Å². The predicted molar refractivity (Wildman–Crippen MR) is 194 cm³/mol. The number of hydrogen-bond donors (Lipinski definition) is 9. The van der Waals surface area contributed by atoms with E-state index in [4.69, 9.17) is 23.7 Å². The summed E-state index contributed by atoms with van der Waals surface area (Å²) in [6.45, 7) is 13.8. The lowest BCUT2D eigenvalue weighted by Crippen LogP contribution is -2.64.